The zero-order chi connectivity index (χ0) is 20.1. The molecule has 0 aliphatic heterocycles. The molecule has 2 aromatic carbocycles. The quantitative estimate of drug-likeness (QED) is 0.419. The minimum Gasteiger partial charge on any atom is -0.103 e. The van der Waals surface area contributed by atoms with Crippen LogP contribution in [0.1, 0.15) is 75.7 Å². The number of hydrogen-bond donors (Lipinski definition) is 0. The van der Waals surface area contributed by atoms with Crippen LogP contribution < -0.4 is 0 Å². The Hall–Kier alpha value is -1.53. The van der Waals surface area contributed by atoms with Gasteiger partial charge in [0.05, 0.1) is 0 Å². The molecule has 2 aromatic rings. The first-order valence-corrected chi connectivity index (χ1v) is 12.1. The third-order valence-corrected chi connectivity index (χ3v) is 7.92. The van der Waals surface area contributed by atoms with Crippen molar-refractivity contribution < 1.29 is 0 Å². The fourth-order valence-corrected chi connectivity index (χ4v) is 5.94. The van der Waals surface area contributed by atoms with Crippen LogP contribution in [0.25, 0.3) is 11.1 Å². The van der Waals surface area contributed by atoms with Crippen molar-refractivity contribution in [2.24, 2.45) is 17.8 Å². The highest BCUT2D eigenvalue weighted by molar-refractivity contribution is 6.30. The molecule has 0 unspecified atom stereocenters. The van der Waals surface area contributed by atoms with Crippen molar-refractivity contribution in [2.45, 2.75) is 70.1 Å². The van der Waals surface area contributed by atoms with E-state index in [1.807, 2.05) is 12.1 Å². The Morgan fingerprint density at radius 1 is 0.724 bits per heavy atom. The minimum absolute atomic E-state index is 0.759. The van der Waals surface area contributed by atoms with Crippen LogP contribution in [-0.2, 0) is 0 Å². The Bertz CT molecular complexity index is 757. The molecule has 0 atom stereocenters. The molecule has 2 saturated carbocycles. The summed E-state index contributed by atoms with van der Waals surface area (Å²) in [6, 6.07) is 17.4. The Balaban J connectivity index is 1.27. The summed E-state index contributed by atoms with van der Waals surface area (Å²) < 4.78 is 0. The maximum absolute atomic E-state index is 6.02. The first-order chi connectivity index (χ1) is 14.2. The highest BCUT2D eigenvalue weighted by Crippen LogP contribution is 2.44. The average Bonchev–Trinajstić information content (AvgIpc) is 2.79. The smallest absolute Gasteiger partial charge is 0.0406 e. The van der Waals surface area contributed by atoms with Gasteiger partial charge in [-0.15, -0.1) is 6.58 Å². The number of allylic oxidation sites excluding steroid dienone is 1. The SMILES string of the molecule is C=CCCC1CCC(C2CCC(c3ccc(-c4ccc(Cl)cc4)cc3)CC2)CC1. The predicted octanol–water partition coefficient (Wildman–Crippen LogP) is 9.05. The number of rotatable bonds is 6. The first-order valence-electron chi connectivity index (χ1n) is 11.7. The van der Waals surface area contributed by atoms with Crippen LogP contribution in [0.15, 0.2) is 61.2 Å². The van der Waals surface area contributed by atoms with Crippen molar-refractivity contribution in [3.05, 3.63) is 71.8 Å². The van der Waals surface area contributed by atoms with Gasteiger partial charge in [0, 0.05) is 5.02 Å². The molecule has 2 fully saturated rings. The molecule has 0 heterocycles. The molecule has 29 heavy (non-hydrogen) atoms. The highest BCUT2D eigenvalue weighted by Gasteiger charge is 2.31. The van der Waals surface area contributed by atoms with Gasteiger partial charge in [0.1, 0.15) is 0 Å². The molecule has 0 spiro atoms. The van der Waals surface area contributed by atoms with Crippen molar-refractivity contribution >= 4 is 11.6 Å². The predicted molar refractivity (Wildman–Crippen MR) is 126 cm³/mol. The lowest BCUT2D eigenvalue weighted by Crippen LogP contribution is -2.25. The van der Waals surface area contributed by atoms with Crippen molar-refractivity contribution in [3.8, 4) is 11.1 Å². The summed E-state index contributed by atoms with van der Waals surface area (Å²) in [5, 5.41) is 0.799. The van der Waals surface area contributed by atoms with E-state index >= 15 is 0 Å². The van der Waals surface area contributed by atoms with Gasteiger partial charge in [-0.25, -0.2) is 0 Å². The molecular weight excluding hydrogens is 372 g/mol. The summed E-state index contributed by atoms with van der Waals surface area (Å²) in [4.78, 5) is 0. The van der Waals surface area contributed by atoms with Gasteiger partial charge in [-0.3, -0.25) is 0 Å². The van der Waals surface area contributed by atoms with E-state index in [1.54, 1.807) is 0 Å². The number of hydrogen-bond acceptors (Lipinski definition) is 0. The van der Waals surface area contributed by atoms with Gasteiger partial charge >= 0.3 is 0 Å². The van der Waals surface area contributed by atoms with E-state index in [1.165, 1.54) is 80.9 Å². The van der Waals surface area contributed by atoms with E-state index < -0.39 is 0 Å². The van der Waals surface area contributed by atoms with Crippen LogP contribution in [0.5, 0.6) is 0 Å². The summed E-state index contributed by atoms with van der Waals surface area (Å²) in [6.07, 6.45) is 16.2. The molecule has 0 bridgehead atoms. The number of halogens is 1. The van der Waals surface area contributed by atoms with E-state index in [9.17, 15) is 0 Å². The first kappa shape index (κ1) is 20.7. The summed E-state index contributed by atoms with van der Waals surface area (Å²) in [6.45, 7) is 3.88. The van der Waals surface area contributed by atoms with Crippen LogP contribution in [0.3, 0.4) is 0 Å². The Morgan fingerprint density at radius 3 is 1.79 bits per heavy atom. The highest BCUT2D eigenvalue weighted by atomic mass is 35.5. The van der Waals surface area contributed by atoms with Crippen molar-refractivity contribution in [3.63, 3.8) is 0 Å². The van der Waals surface area contributed by atoms with E-state index in [2.05, 4.69) is 49.1 Å². The topological polar surface area (TPSA) is 0 Å². The van der Waals surface area contributed by atoms with Crippen LogP contribution in [0.2, 0.25) is 5.02 Å². The van der Waals surface area contributed by atoms with Gasteiger partial charge in [-0.2, -0.15) is 0 Å². The van der Waals surface area contributed by atoms with E-state index in [-0.39, 0.29) is 0 Å². The second-order valence-corrected chi connectivity index (χ2v) is 9.82. The summed E-state index contributed by atoms with van der Waals surface area (Å²) in [5.41, 5.74) is 4.06. The Morgan fingerprint density at radius 2 is 1.24 bits per heavy atom. The molecular formula is C28H35Cl. The summed E-state index contributed by atoms with van der Waals surface area (Å²) in [5.74, 6) is 3.72. The molecule has 0 aromatic heterocycles. The van der Waals surface area contributed by atoms with Gasteiger partial charge in [-0.05, 0) is 104 Å². The molecule has 0 amide bonds. The van der Waals surface area contributed by atoms with E-state index in [0.29, 0.717) is 0 Å². The summed E-state index contributed by atoms with van der Waals surface area (Å²) >= 11 is 6.02. The zero-order valence-corrected chi connectivity index (χ0v) is 18.4. The molecule has 0 N–H and O–H groups in total. The third kappa shape index (κ3) is 5.34. The fraction of sp³-hybridized carbons (Fsp3) is 0.500. The number of benzene rings is 2. The van der Waals surface area contributed by atoms with Crippen molar-refractivity contribution in [2.75, 3.05) is 0 Å². The molecule has 2 aliphatic carbocycles. The average molecular weight is 407 g/mol. The van der Waals surface area contributed by atoms with Crippen molar-refractivity contribution in [1.29, 1.82) is 0 Å². The largest absolute Gasteiger partial charge is 0.103 e. The van der Waals surface area contributed by atoms with Crippen LogP contribution in [0, 0.1) is 17.8 Å². The van der Waals surface area contributed by atoms with Gasteiger partial charge < -0.3 is 0 Å². The normalized spacial score (nSPS) is 27.5. The molecule has 2 aliphatic rings. The molecule has 0 radical (unpaired) electrons. The Labute approximate surface area is 182 Å². The lowest BCUT2D eigenvalue weighted by molar-refractivity contribution is 0.157. The second kappa shape index (κ2) is 9.98. The maximum atomic E-state index is 6.02. The maximum Gasteiger partial charge on any atom is 0.0406 e. The van der Waals surface area contributed by atoms with Crippen molar-refractivity contribution in [1.82, 2.24) is 0 Å². The van der Waals surface area contributed by atoms with E-state index in [4.69, 9.17) is 11.6 Å². The minimum atomic E-state index is 0.759. The fourth-order valence-electron chi connectivity index (χ4n) is 5.82. The molecule has 0 nitrogen and oxygen atoms in total. The standard InChI is InChI=1S/C28H35Cl/c1-2-3-4-21-5-7-22(8-6-21)23-9-11-24(12-10-23)25-13-15-26(16-14-25)27-17-19-28(29)20-18-27/h2,13-24H,1,3-12H2. The van der Waals surface area contributed by atoms with Gasteiger partial charge in [-0.1, -0.05) is 66.9 Å². The van der Waals surface area contributed by atoms with Crippen LogP contribution in [0.4, 0.5) is 0 Å². The van der Waals surface area contributed by atoms with Gasteiger partial charge in [0.2, 0.25) is 0 Å². The molecule has 4 rings (SSSR count). The monoisotopic (exact) mass is 406 g/mol. The Kier molecular flexibility index (Phi) is 7.14. The zero-order valence-electron chi connectivity index (χ0n) is 17.7. The molecule has 0 saturated heterocycles. The molecule has 154 valence electrons. The van der Waals surface area contributed by atoms with Gasteiger partial charge in [0.15, 0.2) is 0 Å². The van der Waals surface area contributed by atoms with Gasteiger partial charge in [0.25, 0.3) is 0 Å². The lowest BCUT2D eigenvalue weighted by Gasteiger charge is -2.38. The van der Waals surface area contributed by atoms with Crippen LogP contribution >= 0.6 is 11.6 Å². The third-order valence-electron chi connectivity index (χ3n) is 7.67. The van der Waals surface area contributed by atoms with E-state index in [0.717, 1.165) is 28.7 Å². The second-order valence-electron chi connectivity index (χ2n) is 9.39. The van der Waals surface area contributed by atoms with Crippen LogP contribution in [-0.4, -0.2) is 0 Å². The molecule has 1 heteroatoms. The summed E-state index contributed by atoms with van der Waals surface area (Å²) in [7, 11) is 0. The lowest BCUT2D eigenvalue weighted by atomic mass is 9.68.